The van der Waals surface area contributed by atoms with Gasteiger partial charge in [0.1, 0.15) is 6.10 Å². The van der Waals surface area contributed by atoms with Crippen molar-refractivity contribution in [2.24, 2.45) is 0 Å². The summed E-state index contributed by atoms with van der Waals surface area (Å²) in [5, 5.41) is 3.71. The lowest BCUT2D eigenvalue weighted by atomic mass is 9.92. The number of halogens is 1. The van der Waals surface area contributed by atoms with Gasteiger partial charge >= 0.3 is 0 Å². The number of benzene rings is 1. The van der Waals surface area contributed by atoms with Crippen LogP contribution in [0.3, 0.4) is 0 Å². The van der Waals surface area contributed by atoms with Gasteiger partial charge in [0.15, 0.2) is 0 Å². The molecule has 0 radical (unpaired) electrons. The molecule has 1 aliphatic carbocycles. The van der Waals surface area contributed by atoms with Crippen molar-refractivity contribution >= 4 is 28.5 Å². The van der Waals surface area contributed by atoms with Gasteiger partial charge in [-0.05, 0) is 49.9 Å². The third-order valence-electron chi connectivity index (χ3n) is 4.73. The lowest BCUT2D eigenvalue weighted by Crippen LogP contribution is -2.39. The summed E-state index contributed by atoms with van der Waals surface area (Å²) in [6.45, 7) is 0. The summed E-state index contributed by atoms with van der Waals surface area (Å²) >= 11 is 5.84. The Morgan fingerprint density at radius 3 is 2.52 bits per heavy atom. The first-order valence-electron chi connectivity index (χ1n) is 8.97. The van der Waals surface area contributed by atoms with Gasteiger partial charge < -0.3 is 10.1 Å². The summed E-state index contributed by atoms with van der Waals surface area (Å²) < 4.78 is 5.90. The molecule has 2 aromatic heterocycles. The zero-order valence-electron chi connectivity index (χ0n) is 14.6. The van der Waals surface area contributed by atoms with Gasteiger partial charge in [0.05, 0.1) is 16.1 Å². The van der Waals surface area contributed by atoms with Crippen LogP contribution in [-0.4, -0.2) is 33.0 Å². The maximum Gasteiger partial charge on any atom is 0.251 e. The summed E-state index contributed by atoms with van der Waals surface area (Å²) in [7, 11) is 0. The highest BCUT2D eigenvalue weighted by Gasteiger charge is 2.24. The van der Waals surface area contributed by atoms with E-state index in [2.05, 4.69) is 20.3 Å². The molecule has 1 N–H and O–H groups in total. The molecule has 1 saturated carbocycles. The number of amides is 1. The minimum absolute atomic E-state index is 0.0775. The first-order valence-corrected chi connectivity index (χ1v) is 9.35. The minimum atomic E-state index is -0.0775. The third-order valence-corrected chi connectivity index (χ3v) is 4.95. The van der Waals surface area contributed by atoms with E-state index in [1.807, 2.05) is 6.07 Å². The van der Waals surface area contributed by atoms with Crippen molar-refractivity contribution in [2.45, 2.75) is 37.8 Å². The van der Waals surface area contributed by atoms with Crippen molar-refractivity contribution in [3.63, 3.8) is 0 Å². The van der Waals surface area contributed by atoms with Gasteiger partial charge in [0.25, 0.3) is 5.91 Å². The standard InChI is InChI=1S/C20H19ClN4O2/c21-14-2-8-19(24-12-14)27-16-5-3-15(4-6-16)25-20(26)13-1-7-17-18(11-13)23-10-9-22-17/h1-2,7-12,15-16H,3-6H2,(H,25,26). The van der Waals surface area contributed by atoms with Crippen molar-refractivity contribution in [1.29, 1.82) is 0 Å². The Morgan fingerprint density at radius 1 is 1.00 bits per heavy atom. The second kappa shape index (κ2) is 7.88. The number of pyridine rings is 1. The molecule has 0 aliphatic heterocycles. The molecule has 7 heteroatoms. The van der Waals surface area contributed by atoms with E-state index in [4.69, 9.17) is 16.3 Å². The highest BCUT2D eigenvalue weighted by atomic mass is 35.5. The highest BCUT2D eigenvalue weighted by Crippen LogP contribution is 2.24. The molecule has 1 aliphatic rings. The van der Waals surface area contributed by atoms with Crippen molar-refractivity contribution in [3.05, 3.63) is 59.5 Å². The van der Waals surface area contributed by atoms with Gasteiger partial charge in [-0.25, -0.2) is 4.98 Å². The van der Waals surface area contributed by atoms with Crippen LogP contribution in [0.2, 0.25) is 5.02 Å². The summed E-state index contributed by atoms with van der Waals surface area (Å²) in [5.74, 6) is 0.510. The van der Waals surface area contributed by atoms with Gasteiger partial charge in [-0.2, -0.15) is 0 Å². The van der Waals surface area contributed by atoms with Gasteiger partial charge in [0.2, 0.25) is 5.88 Å². The maximum atomic E-state index is 12.5. The molecule has 0 unspecified atom stereocenters. The van der Waals surface area contributed by atoms with Crippen LogP contribution < -0.4 is 10.1 Å². The maximum absolute atomic E-state index is 12.5. The van der Waals surface area contributed by atoms with Crippen molar-refractivity contribution < 1.29 is 9.53 Å². The number of aromatic nitrogens is 3. The predicted molar refractivity (Wildman–Crippen MR) is 103 cm³/mol. The fraction of sp³-hybridized carbons (Fsp3) is 0.300. The normalized spacial score (nSPS) is 19.6. The molecule has 27 heavy (non-hydrogen) atoms. The number of hydrogen-bond acceptors (Lipinski definition) is 5. The van der Waals surface area contributed by atoms with Crippen LogP contribution in [0.1, 0.15) is 36.0 Å². The average molecular weight is 383 g/mol. The number of carbonyl (C=O) groups excluding carboxylic acids is 1. The highest BCUT2D eigenvalue weighted by molar-refractivity contribution is 6.30. The van der Waals surface area contributed by atoms with Gasteiger partial charge in [-0.1, -0.05) is 11.6 Å². The first-order chi connectivity index (χ1) is 13.2. The van der Waals surface area contributed by atoms with E-state index in [0.29, 0.717) is 16.5 Å². The quantitative estimate of drug-likeness (QED) is 0.742. The summed E-state index contributed by atoms with van der Waals surface area (Å²) in [6.07, 6.45) is 8.45. The third kappa shape index (κ3) is 4.34. The summed E-state index contributed by atoms with van der Waals surface area (Å²) in [5.41, 5.74) is 2.10. The second-order valence-corrected chi connectivity index (χ2v) is 7.08. The predicted octanol–water partition coefficient (Wildman–Crippen LogP) is 3.80. The molecular formula is C20H19ClN4O2. The monoisotopic (exact) mass is 382 g/mol. The molecule has 0 saturated heterocycles. The zero-order valence-corrected chi connectivity index (χ0v) is 15.4. The van der Waals surface area contributed by atoms with E-state index in [0.717, 1.165) is 36.7 Å². The lowest BCUT2D eigenvalue weighted by molar-refractivity contribution is 0.0890. The number of nitrogens with one attached hydrogen (secondary N) is 1. The van der Waals surface area contributed by atoms with Crippen LogP contribution in [0.15, 0.2) is 48.9 Å². The molecule has 0 bridgehead atoms. The number of nitrogens with zero attached hydrogens (tertiary/aromatic N) is 3. The van der Waals surface area contributed by atoms with E-state index in [-0.39, 0.29) is 18.1 Å². The number of fused-ring (bicyclic) bond motifs is 1. The van der Waals surface area contributed by atoms with Crippen LogP contribution in [0, 0.1) is 0 Å². The Kier molecular flexibility index (Phi) is 5.16. The topological polar surface area (TPSA) is 77.0 Å². The Hall–Kier alpha value is -2.73. The molecule has 1 aromatic carbocycles. The van der Waals surface area contributed by atoms with Crippen LogP contribution in [0.5, 0.6) is 5.88 Å². The van der Waals surface area contributed by atoms with Crippen molar-refractivity contribution in [2.75, 3.05) is 0 Å². The van der Waals surface area contributed by atoms with E-state index in [1.54, 1.807) is 42.9 Å². The Balaban J connectivity index is 1.31. The second-order valence-electron chi connectivity index (χ2n) is 6.64. The summed E-state index contributed by atoms with van der Waals surface area (Å²) in [4.78, 5) is 25.2. The number of ether oxygens (including phenoxy) is 1. The summed E-state index contributed by atoms with van der Waals surface area (Å²) in [6, 6.07) is 9.07. The molecule has 138 valence electrons. The van der Waals surface area contributed by atoms with Crippen molar-refractivity contribution in [3.8, 4) is 5.88 Å². The van der Waals surface area contributed by atoms with E-state index < -0.39 is 0 Å². The SMILES string of the molecule is O=C(NC1CCC(Oc2ccc(Cl)cn2)CC1)c1ccc2nccnc2c1. The van der Waals surface area contributed by atoms with E-state index >= 15 is 0 Å². The fourth-order valence-electron chi connectivity index (χ4n) is 3.30. The Morgan fingerprint density at radius 2 is 1.78 bits per heavy atom. The van der Waals surface area contributed by atoms with Crippen LogP contribution in [0.25, 0.3) is 11.0 Å². The fourth-order valence-corrected chi connectivity index (χ4v) is 3.41. The smallest absolute Gasteiger partial charge is 0.251 e. The molecule has 4 rings (SSSR count). The largest absolute Gasteiger partial charge is 0.474 e. The zero-order chi connectivity index (χ0) is 18.6. The molecule has 6 nitrogen and oxygen atoms in total. The molecule has 0 spiro atoms. The van der Waals surface area contributed by atoms with Crippen LogP contribution >= 0.6 is 11.6 Å². The lowest BCUT2D eigenvalue weighted by Gasteiger charge is -2.29. The van der Waals surface area contributed by atoms with Crippen LogP contribution in [-0.2, 0) is 0 Å². The molecule has 0 atom stereocenters. The Bertz CT molecular complexity index is 940. The minimum Gasteiger partial charge on any atom is -0.474 e. The first kappa shape index (κ1) is 17.7. The number of carbonyl (C=O) groups is 1. The van der Waals surface area contributed by atoms with E-state index in [1.165, 1.54) is 0 Å². The molecule has 1 fully saturated rings. The molecule has 2 heterocycles. The van der Waals surface area contributed by atoms with Crippen LogP contribution in [0.4, 0.5) is 0 Å². The number of rotatable bonds is 4. The Labute approximate surface area is 162 Å². The van der Waals surface area contributed by atoms with Gasteiger partial charge in [-0.3, -0.25) is 14.8 Å². The average Bonchev–Trinajstić information content (AvgIpc) is 2.71. The van der Waals surface area contributed by atoms with E-state index in [9.17, 15) is 4.79 Å². The molecule has 3 aromatic rings. The molecular weight excluding hydrogens is 364 g/mol. The molecule has 1 amide bonds. The number of hydrogen-bond donors (Lipinski definition) is 1. The van der Waals surface area contributed by atoms with Crippen molar-refractivity contribution in [1.82, 2.24) is 20.3 Å². The van der Waals surface area contributed by atoms with Gasteiger partial charge in [0, 0.05) is 36.3 Å². The van der Waals surface area contributed by atoms with Gasteiger partial charge in [-0.15, -0.1) is 0 Å².